The van der Waals surface area contributed by atoms with Crippen LogP contribution in [0, 0.1) is 0 Å². The number of piperidine rings is 1. The molecule has 0 unspecified atom stereocenters. The van der Waals surface area contributed by atoms with Gasteiger partial charge in [0, 0.05) is 24.5 Å². The largest absolute Gasteiger partial charge is 0.497 e. The Morgan fingerprint density at radius 1 is 1.12 bits per heavy atom. The van der Waals surface area contributed by atoms with E-state index in [9.17, 15) is 13.2 Å². The van der Waals surface area contributed by atoms with Gasteiger partial charge < -0.3 is 18.8 Å². The highest BCUT2D eigenvalue weighted by Gasteiger charge is 2.25. The molecule has 1 aliphatic heterocycles. The minimum absolute atomic E-state index is 0.0486. The van der Waals surface area contributed by atoms with E-state index in [0.717, 1.165) is 30.6 Å². The SMILES string of the molecule is COc1ccc(NS(=O)(=O)c2cc(-c3nnc(C(=O)N4CCCCC4)o3)cs2)c(OC)c1. The number of methoxy groups -OCH3 is 2. The Kier molecular flexibility index (Phi) is 6.33. The lowest BCUT2D eigenvalue weighted by Gasteiger charge is -2.24. The molecular weight excluding hydrogens is 456 g/mol. The van der Waals surface area contributed by atoms with Crippen LogP contribution in [-0.2, 0) is 10.0 Å². The molecule has 0 aliphatic carbocycles. The first-order chi connectivity index (χ1) is 15.4. The van der Waals surface area contributed by atoms with Crippen LogP contribution in [0.2, 0.25) is 0 Å². The topological polar surface area (TPSA) is 124 Å². The first-order valence-corrected chi connectivity index (χ1v) is 12.2. The second-order valence-electron chi connectivity index (χ2n) is 7.09. The number of thiophene rings is 1. The summed E-state index contributed by atoms with van der Waals surface area (Å²) in [5, 5.41) is 9.36. The first-order valence-electron chi connectivity index (χ1n) is 9.88. The summed E-state index contributed by atoms with van der Waals surface area (Å²) in [5.41, 5.74) is 0.692. The number of anilines is 1. The number of hydrogen-bond acceptors (Lipinski definition) is 9. The first kappa shape index (κ1) is 22.1. The normalized spacial score (nSPS) is 14.2. The number of ether oxygens (including phenoxy) is 2. The van der Waals surface area contributed by atoms with Gasteiger partial charge in [-0.3, -0.25) is 9.52 Å². The molecule has 0 radical (unpaired) electrons. The van der Waals surface area contributed by atoms with Crippen LogP contribution in [0.4, 0.5) is 5.69 Å². The quantitative estimate of drug-likeness (QED) is 0.549. The average Bonchev–Trinajstić information content (AvgIpc) is 3.49. The van der Waals surface area contributed by atoms with Crippen LogP contribution >= 0.6 is 11.3 Å². The van der Waals surface area contributed by atoms with E-state index in [-0.39, 0.29) is 27.6 Å². The minimum atomic E-state index is -3.90. The van der Waals surface area contributed by atoms with Crippen molar-refractivity contribution < 1.29 is 27.1 Å². The minimum Gasteiger partial charge on any atom is -0.497 e. The smallest absolute Gasteiger partial charge is 0.311 e. The van der Waals surface area contributed by atoms with Crippen LogP contribution in [0.3, 0.4) is 0 Å². The lowest BCUT2D eigenvalue weighted by Crippen LogP contribution is -2.35. The maximum absolute atomic E-state index is 12.9. The summed E-state index contributed by atoms with van der Waals surface area (Å²) in [4.78, 5) is 14.2. The zero-order valence-corrected chi connectivity index (χ0v) is 19.2. The molecule has 0 atom stereocenters. The molecule has 170 valence electrons. The number of carbonyl (C=O) groups excluding carboxylic acids is 1. The molecule has 12 heteroatoms. The summed E-state index contributed by atoms with van der Waals surface area (Å²) in [6.07, 6.45) is 3.00. The average molecular weight is 479 g/mol. The molecule has 0 spiro atoms. The maximum atomic E-state index is 12.9. The molecule has 1 N–H and O–H groups in total. The fraction of sp³-hybridized carbons (Fsp3) is 0.350. The van der Waals surface area contributed by atoms with Gasteiger partial charge in [-0.1, -0.05) is 0 Å². The number of aromatic nitrogens is 2. The highest BCUT2D eigenvalue weighted by Crippen LogP contribution is 2.33. The van der Waals surface area contributed by atoms with Gasteiger partial charge in [-0.05, 0) is 37.5 Å². The molecule has 1 fully saturated rings. The number of likely N-dealkylation sites (tertiary alicyclic amines) is 1. The van der Waals surface area contributed by atoms with Gasteiger partial charge in [0.25, 0.3) is 10.0 Å². The Morgan fingerprint density at radius 3 is 2.62 bits per heavy atom. The molecule has 10 nitrogen and oxygen atoms in total. The summed E-state index contributed by atoms with van der Waals surface area (Å²) in [6.45, 7) is 1.33. The maximum Gasteiger partial charge on any atom is 0.311 e. The van der Waals surface area contributed by atoms with Crippen LogP contribution in [0.15, 0.2) is 38.3 Å². The summed E-state index contributed by atoms with van der Waals surface area (Å²) in [6, 6.07) is 6.18. The van der Waals surface area contributed by atoms with Gasteiger partial charge in [0.05, 0.1) is 25.5 Å². The number of nitrogens with zero attached hydrogens (tertiary/aromatic N) is 3. The van der Waals surface area contributed by atoms with Crippen molar-refractivity contribution in [3.8, 4) is 23.0 Å². The number of nitrogens with one attached hydrogen (secondary N) is 1. The fourth-order valence-electron chi connectivity index (χ4n) is 3.31. The number of hydrogen-bond donors (Lipinski definition) is 1. The highest BCUT2D eigenvalue weighted by molar-refractivity contribution is 7.94. The van der Waals surface area contributed by atoms with E-state index in [0.29, 0.717) is 30.2 Å². The number of sulfonamides is 1. The molecule has 4 rings (SSSR count). The molecule has 1 saturated heterocycles. The van der Waals surface area contributed by atoms with Crippen LogP contribution in [0.25, 0.3) is 11.5 Å². The summed E-state index contributed by atoms with van der Waals surface area (Å²) in [5.74, 6) is 0.542. The van der Waals surface area contributed by atoms with Gasteiger partial charge in [0.1, 0.15) is 15.7 Å². The zero-order valence-electron chi connectivity index (χ0n) is 17.5. The third-order valence-electron chi connectivity index (χ3n) is 4.99. The summed E-state index contributed by atoms with van der Waals surface area (Å²) < 4.78 is 44.2. The molecule has 2 aromatic heterocycles. The van der Waals surface area contributed by atoms with Gasteiger partial charge in [0.15, 0.2) is 0 Å². The van der Waals surface area contributed by atoms with E-state index >= 15 is 0 Å². The van der Waals surface area contributed by atoms with Crippen molar-refractivity contribution in [1.29, 1.82) is 0 Å². The number of benzene rings is 1. The molecule has 1 aromatic carbocycles. The molecule has 1 amide bonds. The van der Waals surface area contributed by atoms with Crippen molar-refractivity contribution in [2.24, 2.45) is 0 Å². The Morgan fingerprint density at radius 2 is 1.91 bits per heavy atom. The molecule has 1 aliphatic rings. The Balaban J connectivity index is 1.52. The lowest BCUT2D eigenvalue weighted by molar-refractivity contribution is 0.0684. The van der Waals surface area contributed by atoms with Gasteiger partial charge in [-0.2, -0.15) is 0 Å². The predicted octanol–water partition coefficient (Wildman–Crippen LogP) is 3.24. The standard InChI is InChI=1S/C20H22N4O6S2/c1-28-14-6-7-15(16(11-14)29-2)23-32(26,27)17-10-13(12-31-17)18-21-22-19(30-18)20(25)24-8-4-3-5-9-24/h6-7,10-12,23H,3-5,8-9H2,1-2H3. The van der Waals surface area contributed by atoms with E-state index in [4.69, 9.17) is 13.9 Å². The van der Waals surface area contributed by atoms with Crippen LogP contribution in [-0.4, -0.2) is 56.7 Å². The van der Waals surface area contributed by atoms with E-state index < -0.39 is 10.0 Å². The molecule has 0 saturated carbocycles. The number of carbonyl (C=O) groups is 1. The van der Waals surface area contributed by atoms with Crippen molar-refractivity contribution in [1.82, 2.24) is 15.1 Å². The van der Waals surface area contributed by atoms with Crippen LogP contribution in [0.1, 0.15) is 29.9 Å². The van der Waals surface area contributed by atoms with Crippen molar-refractivity contribution in [3.05, 3.63) is 35.5 Å². The van der Waals surface area contributed by atoms with Gasteiger partial charge in [0.2, 0.25) is 5.89 Å². The van der Waals surface area contributed by atoms with Crippen molar-refractivity contribution in [2.75, 3.05) is 32.0 Å². The second-order valence-corrected chi connectivity index (χ2v) is 9.91. The third-order valence-corrected chi connectivity index (χ3v) is 7.80. The van der Waals surface area contributed by atoms with Gasteiger partial charge in [-0.15, -0.1) is 21.5 Å². The predicted molar refractivity (Wildman–Crippen MR) is 118 cm³/mol. The van der Waals surface area contributed by atoms with Gasteiger partial charge >= 0.3 is 11.8 Å². The van der Waals surface area contributed by atoms with Gasteiger partial charge in [-0.25, -0.2) is 8.42 Å². The molecule has 3 heterocycles. The molecule has 3 aromatic rings. The molecular formula is C20H22N4O6S2. The van der Waals surface area contributed by atoms with Crippen molar-refractivity contribution in [2.45, 2.75) is 23.5 Å². The zero-order chi connectivity index (χ0) is 22.7. The highest BCUT2D eigenvalue weighted by atomic mass is 32.2. The van der Waals surface area contributed by atoms with Crippen molar-refractivity contribution in [3.63, 3.8) is 0 Å². The second kappa shape index (κ2) is 9.17. The Labute approximate surface area is 189 Å². The molecule has 0 bridgehead atoms. The van der Waals surface area contributed by atoms with E-state index in [2.05, 4.69) is 14.9 Å². The lowest BCUT2D eigenvalue weighted by atomic mass is 10.1. The fourth-order valence-corrected chi connectivity index (χ4v) is 5.53. The van der Waals surface area contributed by atoms with E-state index in [1.54, 1.807) is 28.5 Å². The monoisotopic (exact) mass is 478 g/mol. The Hall–Kier alpha value is -3.12. The van der Waals surface area contributed by atoms with E-state index in [1.807, 2.05) is 0 Å². The summed E-state index contributed by atoms with van der Waals surface area (Å²) >= 11 is 0.998. The van der Waals surface area contributed by atoms with E-state index in [1.165, 1.54) is 20.3 Å². The number of rotatable bonds is 7. The van der Waals surface area contributed by atoms with Crippen molar-refractivity contribution >= 4 is 33.0 Å². The van der Waals surface area contributed by atoms with Crippen LogP contribution in [0.5, 0.6) is 11.5 Å². The Bertz CT molecular complexity index is 1210. The number of amides is 1. The summed E-state index contributed by atoms with van der Waals surface area (Å²) in [7, 11) is -0.949. The van der Waals surface area contributed by atoms with Crippen LogP contribution < -0.4 is 14.2 Å². The third kappa shape index (κ3) is 4.55. The molecule has 32 heavy (non-hydrogen) atoms.